The smallest absolute Gasteiger partial charge is 0.253 e. The van der Waals surface area contributed by atoms with Gasteiger partial charge >= 0.3 is 0 Å². The summed E-state index contributed by atoms with van der Waals surface area (Å²) >= 11 is 0. The van der Waals surface area contributed by atoms with Crippen LogP contribution in [0.4, 0.5) is 11.4 Å². The Morgan fingerprint density at radius 2 is 1.68 bits per heavy atom. The van der Waals surface area contributed by atoms with Crippen molar-refractivity contribution in [3.05, 3.63) is 66.2 Å². The highest BCUT2D eigenvalue weighted by Gasteiger charge is 2.15. The van der Waals surface area contributed by atoms with Gasteiger partial charge in [-0.25, -0.2) is 0 Å². The SMILES string of the molecule is C=C(C)COc1ccc(NCC(=O)Nc2cccc(C(=O)N(CCC)CCC)c2)cc1. The molecular weight excluding hydrogens is 390 g/mol. The van der Waals surface area contributed by atoms with Gasteiger partial charge in [0.1, 0.15) is 12.4 Å². The maximum Gasteiger partial charge on any atom is 0.253 e. The van der Waals surface area contributed by atoms with Gasteiger partial charge in [-0.15, -0.1) is 0 Å². The molecular formula is C25H33N3O3. The van der Waals surface area contributed by atoms with Crippen LogP contribution >= 0.6 is 0 Å². The molecule has 2 aromatic rings. The van der Waals surface area contributed by atoms with E-state index in [2.05, 4.69) is 31.1 Å². The number of rotatable bonds is 12. The van der Waals surface area contributed by atoms with Crippen molar-refractivity contribution in [1.82, 2.24) is 4.90 Å². The first-order valence-corrected chi connectivity index (χ1v) is 10.7. The minimum Gasteiger partial charge on any atom is -0.489 e. The third kappa shape index (κ3) is 8.16. The number of hydrogen-bond acceptors (Lipinski definition) is 4. The van der Waals surface area contributed by atoms with Crippen molar-refractivity contribution < 1.29 is 14.3 Å². The van der Waals surface area contributed by atoms with Crippen LogP contribution in [0, 0.1) is 0 Å². The molecule has 0 aliphatic rings. The van der Waals surface area contributed by atoms with E-state index in [1.165, 1.54) is 0 Å². The van der Waals surface area contributed by atoms with Crippen molar-refractivity contribution in [3.63, 3.8) is 0 Å². The summed E-state index contributed by atoms with van der Waals surface area (Å²) in [6, 6.07) is 14.5. The van der Waals surface area contributed by atoms with E-state index in [1.807, 2.05) is 36.1 Å². The molecule has 0 bridgehead atoms. The lowest BCUT2D eigenvalue weighted by Gasteiger charge is -2.21. The molecule has 2 amide bonds. The first-order valence-electron chi connectivity index (χ1n) is 10.7. The first kappa shape index (κ1) is 24.0. The third-order valence-corrected chi connectivity index (χ3v) is 4.46. The number of hydrogen-bond donors (Lipinski definition) is 2. The van der Waals surface area contributed by atoms with Gasteiger partial charge in [0.15, 0.2) is 0 Å². The maximum atomic E-state index is 12.8. The third-order valence-electron chi connectivity index (χ3n) is 4.46. The Balaban J connectivity index is 1.90. The quantitative estimate of drug-likeness (QED) is 0.474. The van der Waals surface area contributed by atoms with Crippen molar-refractivity contribution in [1.29, 1.82) is 0 Å². The molecule has 166 valence electrons. The Kier molecular flexibility index (Phi) is 9.62. The predicted octanol–water partition coefficient (Wildman–Crippen LogP) is 4.95. The van der Waals surface area contributed by atoms with Crippen molar-refractivity contribution >= 4 is 23.2 Å². The van der Waals surface area contributed by atoms with Gasteiger partial charge in [0, 0.05) is 30.0 Å². The zero-order chi connectivity index (χ0) is 22.6. The molecule has 0 aliphatic heterocycles. The van der Waals surface area contributed by atoms with Gasteiger partial charge in [-0.2, -0.15) is 0 Å². The van der Waals surface area contributed by atoms with E-state index < -0.39 is 0 Å². The topological polar surface area (TPSA) is 70.7 Å². The van der Waals surface area contributed by atoms with E-state index >= 15 is 0 Å². The van der Waals surface area contributed by atoms with Crippen LogP contribution in [0.25, 0.3) is 0 Å². The number of nitrogens with zero attached hydrogens (tertiary/aromatic N) is 1. The van der Waals surface area contributed by atoms with Gasteiger partial charge in [-0.3, -0.25) is 9.59 Å². The van der Waals surface area contributed by atoms with Crippen LogP contribution < -0.4 is 15.4 Å². The van der Waals surface area contributed by atoms with Gasteiger partial charge in [0.25, 0.3) is 5.91 Å². The highest BCUT2D eigenvalue weighted by atomic mass is 16.5. The standard InChI is InChI=1S/C25H33N3O3/c1-5-14-28(15-6-2)25(30)20-8-7-9-22(16-20)27-24(29)17-26-21-10-12-23(13-11-21)31-18-19(3)4/h7-13,16,26H,3,5-6,14-15,17-18H2,1-2,4H3,(H,27,29). The van der Waals surface area contributed by atoms with Crippen LogP contribution in [0.3, 0.4) is 0 Å². The van der Waals surface area contributed by atoms with E-state index in [0.717, 1.165) is 42.9 Å². The zero-order valence-corrected chi connectivity index (χ0v) is 18.7. The fourth-order valence-electron chi connectivity index (χ4n) is 3.03. The molecule has 0 saturated heterocycles. The lowest BCUT2D eigenvalue weighted by atomic mass is 10.1. The summed E-state index contributed by atoms with van der Waals surface area (Å²) in [6.07, 6.45) is 1.82. The number of benzene rings is 2. The zero-order valence-electron chi connectivity index (χ0n) is 18.7. The molecule has 0 saturated carbocycles. The Labute approximate surface area is 185 Å². The van der Waals surface area contributed by atoms with Gasteiger partial charge < -0.3 is 20.3 Å². The van der Waals surface area contributed by atoms with Crippen LogP contribution in [0.5, 0.6) is 5.75 Å². The fraction of sp³-hybridized carbons (Fsp3) is 0.360. The number of carbonyl (C=O) groups is 2. The van der Waals surface area contributed by atoms with Gasteiger partial charge in [0.2, 0.25) is 5.91 Å². The lowest BCUT2D eigenvalue weighted by molar-refractivity contribution is -0.114. The van der Waals surface area contributed by atoms with Crippen LogP contribution in [-0.4, -0.2) is 43.0 Å². The van der Waals surface area contributed by atoms with E-state index in [4.69, 9.17) is 4.74 Å². The Morgan fingerprint density at radius 1 is 1.00 bits per heavy atom. The molecule has 0 spiro atoms. The summed E-state index contributed by atoms with van der Waals surface area (Å²) in [5.41, 5.74) is 2.96. The van der Waals surface area contributed by atoms with Crippen molar-refractivity contribution in [2.24, 2.45) is 0 Å². The molecule has 0 aromatic heterocycles. The summed E-state index contributed by atoms with van der Waals surface area (Å²) in [7, 11) is 0. The minimum atomic E-state index is -0.189. The first-order chi connectivity index (χ1) is 14.9. The molecule has 2 aromatic carbocycles. The molecule has 0 fully saturated rings. The lowest BCUT2D eigenvalue weighted by Crippen LogP contribution is -2.32. The highest BCUT2D eigenvalue weighted by molar-refractivity contribution is 5.98. The minimum absolute atomic E-state index is 0.00752. The molecule has 0 unspecified atom stereocenters. The Morgan fingerprint density at radius 3 is 2.29 bits per heavy atom. The van der Waals surface area contributed by atoms with Crippen molar-refractivity contribution in [2.45, 2.75) is 33.6 Å². The van der Waals surface area contributed by atoms with Crippen LogP contribution in [0.2, 0.25) is 0 Å². The van der Waals surface area contributed by atoms with Crippen LogP contribution in [0.1, 0.15) is 44.0 Å². The van der Waals surface area contributed by atoms with E-state index in [9.17, 15) is 9.59 Å². The number of carbonyl (C=O) groups excluding carboxylic acids is 2. The summed E-state index contributed by atoms with van der Waals surface area (Å²) in [5, 5.41) is 5.93. The number of ether oxygens (including phenoxy) is 1. The summed E-state index contributed by atoms with van der Waals surface area (Å²) in [4.78, 5) is 27.0. The second-order valence-electron chi connectivity index (χ2n) is 7.54. The summed E-state index contributed by atoms with van der Waals surface area (Å²) < 4.78 is 5.57. The number of nitrogens with one attached hydrogen (secondary N) is 2. The Hall–Kier alpha value is -3.28. The van der Waals surface area contributed by atoms with Crippen molar-refractivity contribution in [2.75, 3.05) is 36.9 Å². The number of amides is 2. The summed E-state index contributed by atoms with van der Waals surface area (Å²) in [6.45, 7) is 11.9. The molecule has 2 N–H and O–H groups in total. The highest BCUT2D eigenvalue weighted by Crippen LogP contribution is 2.17. The molecule has 0 radical (unpaired) electrons. The Bertz CT molecular complexity index is 872. The molecule has 6 nitrogen and oxygen atoms in total. The van der Waals surface area contributed by atoms with Crippen LogP contribution in [0.15, 0.2) is 60.7 Å². The fourth-order valence-corrected chi connectivity index (χ4v) is 3.03. The van der Waals surface area contributed by atoms with E-state index in [-0.39, 0.29) is 18.4 Å². The normalized spacial score (nSPS) is 10.3. The molecule has 31 heavy (non-hydrogen) atoms. The van der Waals surface area contributed by atoms with Crippen LogP contribution in [-0.2, 0) is 4.79 Å². The van der Waals surface area contributed by atoms with Crippen molar-refractivity contribution in [3.8, 4) is 5.75 Å². The van der Waals surface area contributed by atoms with Gasteiger partial charge in [-0.1, -0.05) is 26.5 Å². The molecule has 0 atom stereocenters. The maximum absolute atomic E-state index is 12.8. The average molecular weight is 424 g/mol. The summed E-state index contributed by atoms with van der Waals surface area (Å²) in [5.74, 6) is 0.553. The molecule has 0 aliphatic carbocycles. The second-order valence-corrected chi connectivity index (χ2v) is 7.54. The van der Waals surface area contributed by atoms with E-state index in [0.29, 0.717) is 17.9 Å². The largest absolute Gasteiger partial charge is 0.489 e. The second kappa shape index (κ2) is 12.4. The number of anilines is 2. The molecule has 0 heterocycles. The molecule has 6 heteroatoms. The molecule has 2 rings (SSSR count). The van der Waals surface area contributed by atoms with Gasteiger partial charge in [0.05, 0.1) is 6.54 Å². The predicted molar refractivity (Wildman–Crippen MR) is 127 cm³/mol. The van der Waals surface area contributed by atoms with Gasteiger partial charge in [-0.05, 0) is 67.8 Å². The monoisotopic (exact) mass is 423 g/mol. The average Bonchev–Trinajstić information content (AvgIpc) is 2.76. The van der Waals surface area contributed by atoms with E-state index in [1.54, 1.807) is 24.3 Å².